The summed E-state index contributed by atoms with van der Waals surface area (Å²) in [7, 11) is 1.47. The molecule has 2 rings (SSSR count). The standard InChI is InChI=1S/C18H20N2O5S/c1-18(2,3)25-17(22)20-19-11-12-7-8-13(14(10-12)23-4)24-16(21)15-6-5-9-26-15/h5-11H,1-4H3,(H,20,22)/b19-11-. The number of thiophene rings is 1. The number of hydrogen-bond acceptors (Lipinski definition) is 7. The average molecular weight is 376 g/mol. The zero-order valence-corrected chi connectivity index (χ0v) is 15.8. The van der Waals surface area contributed by atoms with Gasteiger partial charge in [0.2, 0.25) is 0 Å². The predicted octanol–water partition coefficient (Wildman–Crippen LogP) is 3.83. The monoisotopic (exact) mass is 376 g/mol. The number of methoxy groups -OCH3 is 1. The summed E-state index contributed by atoms with van der Waals surface area (Å²) in [6.07, 6.45) is 0.777. The second kappa shape index (κ2) is 8.48. The molecule has 0 fully saturated rings. The van der Waals surface area contributed by atoms with Crippen molar-refractivity contribution < 1.29 is 23.8 Å². The number of benzene rings is 1. The number of nitrogens with one attached hydrogen (secondary N) is 1. The van der Waals surface area contributed by atoms with Crippen molar-refractivity contribution in [3.05, 3.63) is 46.2 Å². The molecule has 1 N–H and O–H groups in total. The van der Waals surface area contributed by atoms with Crippen LogP contribution in [0, 0.1) is 0 Å². The molecule has 0 unspecified atom stereocenters. The van der Waals surface area contributed by atoms with Crippen LogP contribution >= 0.6 is 11.3 Å². The smallest absolute Gasteiger partial charge is 0.428 e. The van der Waals surface area contributed by atoms with E-state index in [4.69, 9.17) is 14.2 Å². The topological polar surface area (TPSA) is 86.2 Å². The maximum atomic E-state index is 12.0. The largest absolute Gasteiger partial charge is 0.493 e. The van der Waals surface area contributed by atoms with Crippen LogP contribution in [0.2, 0.25) is 0 Å². The molecular weight excluding hydrogens is 356 g/mol. The fourth-order valence-corrected chi connectivity index (χ4v) is 2.45. The maximum absolute atomic E-state index is 12.0. The van der Waals surface area contributed by atoms with Crippen molar-refractivity contribution in [2.75, 3.05) is 7.11 Å². The van der Waals surface area contributed by atoms with Crippen LogP contribution in [-0.4, -0.2) is 31.0 Å². The van der Waals surface area contributed by atoms with Crippen LogP contribution in [0.4, 0.5) is 4.79 Å². The molecule has 0 spiro atoms. The third-order valence-corrected chi connectivity index (χ3v) is 3.73. The fraction of sp³-hybridized carbons (Fsp3) is 0.278. The summed E-state index contributed by atoms with van der Waals surface area (Å²) >= 11 is 1.30. The third-order valence-electron chi connectivity index (χ3n) is 2.88. The Morgan fingerprint density at radius 3 is 2.58 bits per heavy atom. The van der Waals surface area contributed by atoms with Gasteiger partial charge in [0.25, 0.3) is 0 Å². The molecule has 1 amide bonds. The number of nitrogens with zero attached hydrogens (tertiary/aromatic N) is 1. The minimum absolute atomic E-state index is 0.295. The lowest BCUT2D eigenvalue weighted by Crippen LogP contribution is -2.29. The van der Waals surface area contributed by atoms with Gasteiger partial charge >= 0.3 is 12.1 Å². The van der Waals surface area contributed by atoms with Crippen molar-refractivity contribution in [1.29, 1.82) is 0 Å². The number of esters is 1. The van der Waals surface area contributed by atoms with E-state index in [1.807, 2.05) is 0 Å². The second-order valence-corrected chi connectivity index (χ2v) is 7.10. The van der Waals surface area contributed by atoms with E-state index < -0.39 is 17.7 Å². The van der Waals surface area contributed by atoms with Crippen LogP contribution < -0.4 is 14.9 Å². The summed E-state index contributed by atoms with van der Waals surface area (Å²) < 4.78 is 15.7. The first-order chi connectivity index (χ1) is 12.3. The van der Waals surface area contributed by atoms with E-state index in [2.05, 4.69) is 10.5 Å². The Kier molecular flexibility index (Phi) is 6.35. The van der Waals surface area contributed by atoms with Crippen molar-refractivity contribution in [3.8, 4) is 11.5 Å². The Hall–Kier alpha value is -2.87. The number of amides is 1. The Balaban J connectivity index is 2.02. The highest BCUT2D eigenvalue weighted by molar-refractivity contribution is 7.12. The molecule has 8 heteroatoms. The van der Waals surface area contributed by atoms with Gasteiger partial charge in [0.15, 0.2) is 11.5 Å². The molecule has 138 valence electrons. The lowest BCUT2D eigenvalue weighted by molar-refractivity contribution is 0.0529. The summed E-state index contributed by atoms with van der Waals surface area (Å²) in [5, 5.41) is 5.62. The molecule has 7 nitrogen and oxygen atoms in total. The predicted molar refractivity (Wildman–Crippen MR) is 99.2 cm³/mol. The quantitative estimate of drug-likeness (QED) is 0.371. The van der Waals surface area contributed by atoms with Crippen LogP contribution in [0.1, 0.15) is 36.0 Å². The second-order valence-electron chi connectivity index (χ2n) is 6.15. The van der Waals surface area contributed by atoms with Crippen molar-refractivity contribution in [1.82, 2.24) is 5.43 Å². The molecule has 0 aliphatic rings. The zero-order chi connectivity index (χ0) is 19.2. The van der Waals surface area contributed by atoms with Crippen LogP contribution in [0.15, 0.2) is 40.8 Å². The van der Waals surface area contributed by atoms with Gasteiger partial charge in [-0.3, -0.25) is 0 Å². The molecule has 26 heavy (non-hydrogen) atoms. The summed E-state index contributed by atoms with van der Waals surface area (Å²) in [6, 6.07) is 8.37. The number of hydrazone groups is 1. The number of ether oxygens (including phenoxy) is 3. The van der Waals surface area contributed by atoms with E-state index >= 15 is 0 Å². The minimum atomic E-state index is -0.651. The SMILES string of the molecule is COc1cc(/C=N\NC(=O)OC(C)(C)C)ccc1OC(=O)c1cccs1. The molecule has 0 atom stereocenters. The van der Waals surface area contributed by atoms with Crippen LogP contribution in [-0.2, 0) is 4.74 Å². The molecule has 0 aliphatic carbocycles. The van der Waals surface area contributed by atoms with E-state index in [1.54, 1.807) is 56.5 Å². The van der Waals surface area contributed by atoms with Gasteiger partial charge in [-0.25, -0.2) is 15.0 Å². The first-order valence-electron chi connectivity index (χ1n) is 7.74. The van der Waals surface area contributed by atoms with E-state index in [1.165, 1.54) is 24.7 Å². The van der Waals surface area contributed by atoms with Crippen LogP contribution in [0.5, 0.6) is 11.5 Å². The van der Waals surface area contributed by atoms with Crippen LogP contribution in [0.3, 0.4) is 0 Å². The highest BCUT2D eigenvalue weighted by Crippen LogP contribution is 2.28. The highest BCUT2D eigenvalue weighted by Gasteiger charge is 2.16. The molecule has 0 saturated carbocycles. The molecule has 0 aliphatic heterocycles. The van der Waals surface area contributed by atoms with Gasteiger partial charge in [-0.15, -0.1) is 11.3 Å². The zero-order valence-electron chi connectivity index (χ0n) is 14.9. The number of hydrogen-bond donors (Lipinski definition) is 1. The summed E-state index contributed by atoms with van der Waals surface area (Å²) in [6.45, 7) is 5.28. The van der Waals surface area contributed by atoms with Crippen molar-refractivity contribution in [2.45, 2.75) is 26.4 Å². The van der Waals surface area contributed by atoms with Gasteiger partial charge in [-0.2, -0.15) is 5.10 Å². The number of carbonyl (C=O) groups excluding carboxylic acids is 2. The average Bonchev–Trinajstić information content (AvgIpc) is 3.09. The van der Waals surface area contributed by atoms with Gasteiger partial charge < -0.3 is 14.2 Å². The van der Waals surface area contributed by atoms with Gasteiger partial charge in [-0.05, 0) is 56.0 Å². The Labute approximate surface area is 155 Å². The Bertz CT molecular complexity index is 794. The molecule has 1 aromatic carbocycles. The van der Waals surface area contributed by atoms with E-state index in [-0.39, 0.29) is 0 Å². The molecule has 0 radical (unpaired) electrons. The molecule has 1 aromatic heterocycles. The van der Waals surface area contributed by atoms with Crippen LogP contribution in [0.25, 0.3) is 0 Å². The van der Waals surface area contributed by atoms with Gasteiger partial charge in [-0.1, -0.05) is 6.07 Å². The van der Waals surface area contributed by atoms with Gasteiger partial charge in [0.05, 0.1) is 13.3 Å². The third kappa shape index (κ3) is 5.89. The highest BCUT2D eigenvalue weighted by atomic mass is 32.1. The minimum Gasteiger partial charge on any atom is -0.493 e. The number of carbonyl (C=O) groups is 2. The molecular formula is C18H20N2O5S. The van der Waals surface area contributed by atoms with Gasteiger partial charge in [0.1, 0.15) is 10.5 Å². The Morgan fingerprint density at radius 2 is 1.96 bits per heavy atom. The summed E-state index contributed by atoms with van der Waals surface area (Å²) in [4.78, 5) is 24.1. The van der Waals surface area contributed by atoms with E-state index in [0.717, 1.165) is 0 Å². The van der Waals surface area contributed by atoms with E-state index in [0.29, 0.717) is 21.9 Å². The summed E-state index contributed by atoms with van der Waals surface area (Å²) in [5.41, 5.74) is 2.32. The molecule has 2 aromatic rings. The van der Waals surface area contributed by atoms with Crippen molar-refractivity contribution in [3.63, 3.8) is 0 Å². The lowest BCUT2D eigenvalue weighted by atomic mass is 10.2. The molecule has 1 heterocycles. The lowest BCUT2D eigenvalue weighted by Gasteiger charge is -2.18. The maximum Gasteiger partial charge on any atom is 0.428 e. The molecule has 0 saturated heterocycles. The van der Waals surface area contributed by atoms with Crippen molar-refractivity contribution >= 4 is 29.6 Å². The first-order valence-corrected chi connectivity index (χ1v) is 8.62. The molecule has 0 bridgehead atoms. The normalized spacial score (nSPS) is 11.2. The fourth-order valence-electron chi connectivity index (χ4n) is 1.85. The van der Waals surface area contributed by atoms with E-state index in [9.17, 15) is 9.59 Å². The number of rotatable bonds is 5. The summed E-state index contributed by atoms with van der Waals surface area (Å²) in [5.74, 6) is 0.214. The first kappa shape index (κ1) is 19.5. The Morgan fingerprint density at radius 1 is 1.19 bits per heavy atom. The van der Waals surface area contributed by atoms with Gasteiger partial charge in [0, 0.05) is 0 Å². The van der Waals surface area contributed by atoms with Crippen molar-refractivity contribution in [2.24, 2.45) is 5.10 Å².